The van der Waals surface area contributed by atoms with Crippen molar-refractivity contribution in [1.82, 2.24) is 10.2 Å². The van der Waals surface area contributed by atoms with Crippen LogP contribution in [0.3, 0.4) is 0 Å². The molecule has 0 bridgehead atoms. The Morgan fingerprint density at radius 1 is 1.35 bits per heavy atom. The van der Waals surface area contributed by atoms with Crippen LogP contribution in [0.25, 0.3) is 0 Å². The van der Waals surface area contributed by atoms with E-state index in [1.807, 2.05) is 6.07 Å². The Morgan fingerprint density at radius 3 is 2.70 bits per heavy atom. The molecule has 114 valence electrons. The zero-order chi connectivity index (χ0) is 13.7. The Hall–Kier alpha value is -0.160. The van der Waals surface area contributed by atoms with Crippen LogP contribution in [0.1, 0.15) is 37.8 Å². The first-order chi connectivity index (χ1) is 9.24. The van der Waals surface area contributed by atoms with Gasteiger partial charge in [0.05, 0.1) is 4.47 Å². The Labute approximate surface area is 135 Å². The van der Waals surface area contributed by atoms with E-state index in [0.29, 0.717) is 10.5 Å². The molecule has 0 radical (unpaired) electrons. The maximum atomic E-state index is 13.8. The summed E-state index contributed by atoms with van der Waals surface area (Å²) >= 11 is 3.42. The molecule has 1 atom stereocenters. The highest BCUT2D eigenvalue weighted by Gasteiger charge is 2.24. The van der Waals surface area contributed by atoms with Gasteiger partial charge in [0.2, 0.25) is 0 Å². The zero-order valence-electron chi connectivity index (χ0n) is 11.9. The summed E-state index contributed by atoms with van der Waals surface area (Å²) in [6, 6.07) is 5.71. The third kappa shape index (κ3) is 4.42. The number of nitrogens with one attached hydrogen (secondary N) is 1. The number of hydrogen-bond acceptors (Lipinski definition) is 2. The molecule has 0 aliphatic carbocycles. The molecule has 0 spiro atoms. The highest BCUT2D eigenvalue weighted by atomic mass is 79.9. The number of hydrogen-bond donors (Lipinski definition) is 1. The van der Waals surface area contributed by atoms with Crippen molar-refractivity contribution < 1.29 is 4.39 Å². The lowest BCUT2D eigenvalue weighted by atomic mass is 9.98. The fraction of sp³-hybridized carbons (Fsp3) is 0.600. The van der Waals surface area contributed by atoms with E-state index in [4.69, 9.17) is 0 Å². The lowest BCUT2D eigenvalue weighted by molar-refractivity contribution is 0.162. The summed E-state index contributed by atoms with van der Waals surface area (Å²) < 4.78 is 14.4. The van der Waals surface area contributed by atoms with Crippen LogP contribution in [-0.2, 0) is 0 Å². The minimum atomic E-state index is -0.158. The summed E-state index contributed by atoms with van der Waals surface area (Å²) in [4.78, 5) is 2.48. The first kappa shape index (κ1) is 17.9. The average Bonchev–Trinajstić information content (AvgIpc) is 2.45. The van der Waals surface area contributed by atoms with Crippen LogP contribution in [0, 0.1) is 5.82 Å². The second kappa shape index (κ2) is 8.98. The lowest BCUT2D eigenvalue weighted by Gasteiger charge is -2.35. The largest absolute Gasteiger partial charge is 0.314 e. The van der Waals surface area contributed by atoms with Crippen LogP contribution in [0.2, 0.25) is 0 Å². The number of rotatable bonds is 5. The monoisotopic (exact) mass is 364 g/mol. The molecule has 5 heteroatoms. The van der Waals surface area contributed by atoms with Gasteiger partial charge in [-0.3, -0.25) is 4.90 Å². The van der Waals surface area contributed by atoms with Crippen molar-refractivity contribution in [3.05, 3.63) is 34.1 Å². The maximum absolute atomic E-state index is 13.8. The summed E-state index contributed by atoms with van der Waals surface area (Å²) in [6.07, 6.45) is 3.45. The van der Waals surface area contributed by atoms with E-state index in [-0.39, 0.29) is 18.2 Å². The van der Waals surface area contributed by atoms with Crippen LogP contribution in [0.5, 0.6) is 0 Å². The first-order valence-corrected chi connectivity index (χ1v) is 7.92. The van der Waals surface area contributed by atoms with E-state index in [1.54, 1.807) is 0 Å². The standard InChI is InChI=1S/C15H22BrFN2.ClH/c1-2-3-7-14(19-10-8-18-9-11-19)12-5-4-6-13(17)15(12)16;/h4-6,14,18H,2-3,7-11H2,1H3;1H/t14-;/m0./s1. The lowest BCUT2D eigenvalue weighted by Crippen LogP contribution is -2.45. The summed E-state index contributed by atoms with van der Waals surface area (Å²) in [7, 11) is 0. The van der Waals surface area contributed by atoms with E-state index < -0.39 is 0 Å². The quantitative estimate of drug-likeness (QED) is 0.843. The fourth-order valence-corrected chi connectivity index (χ4v) is 3.23. The van der Waals surface area contributed by atoms with Gasteiger partial charge in [0, 0.05) is 32.2 Å². The number of halogens is 3. The van der Waals surface area contributed by atoms with Crippen LogP contribution < -0.4 is 5.32 Å². The van der Waals surface area contributed by atoms with Crippen molar-refractivity contribution >= 4 is 28.3 Å². The molecule has 1 aromatic rings. The van der Waals surface area contributed by atoms with Crippen LogP contribution in [0.4, 0.5) is 4.39 Å². The summed E-state index contributed by atoms with van der Waals surface area (Å²) in [6.45, 7) is 6.33. The second-order valence-electron chi connectivity index (χ2n) is 5.09. The Kier molecular flexibility index (Phi) is 8.03. The summed E-state index contributed by atoms with van der Waals surface area (Å²) in [5.74, 6) is -0.158. The second-order valence-corrected chi connectivity index (χ2v) is 5.88. The molecule has 20 heavy (non-hydrogen) atoms. The normalized spacial score (nSPS) is 17.6. The Bertz CT molecular complexity index is 411. The van der Waals surface area contributed by atoms with Gasteiger partial charge in [-0.15, -0.1) is 12.4 Å². The van der Waals surface area contributed by atoms with E-state index in [2.05, 4.69) is 39.1 Å². The molecular weight excluding hydrogens is 343 g/mol. The van der Waals surface area contributed by atoms with Crippen molar-refractivity contribution in [2.24, 2.45) is 0 Å². The van der Waals surface area contributed by atoms with Gasteiger partial charge in [0.15, 0.2) is 0 Å². The third-order valence-electron chi connectivity index (χ3n) is 3.76. The molecule has 2 rings (SSSR count). The van der Waals surface area contributed by atoms with E-state index in [1.165, 1.54) is 18.9 Å². The van der Waals surface area contributed by atoms with Gasteiger partial charge in [-0.2, -0.15) is 0 Å². The smallest absolute Gasteiger partial charge is 0.137 e. The molecule has 0 aromatic heterocycles. The third-order valence-corrected chi connectivity index (χ3v) is 4.60. The molecule has 0 saturated carbocycles. The van der Waals surface area contributed by atoms with Gasteiger partial charge in [0.1, 0.15) is 5.82 Å². The minimum Gasteiger partial charge on any atom is -0.314 e. The summed E-state index contributed by atoms with van der Waals surface area (Å²) in [5.41, 5.74) is 1.09. The number of piperazine rings is 1. The van der Waals surface area contributed by atoms with Crippen LogP contribution in [-0.4, -0.2) is 31.1 Å². The van der Waals surface area contributed by atoms with Crippen molar-refractivity contribution in [1.29, 1.82) is 0 Å². The average molecular weight is 366 g/mol. The van der Waals surface area contributed by atoms with Gasteiger partial charge in [-0.25, -0.2) is 4.39 Å². The highest BCUT2D eigenvalue weighted by Crippen LogP contribution is 2.33. The Morgan fingerprint density at radius 2 is 2.05 bits per heavy atom. The molecule has 1 aliphatic heterocycles. The summed E-state index contributed by atoms with van der Waals surface area (Å²) in [5, 5.41) is 3.38. The maximum Gasteiger partial charge on any atom is 0.137 e. The molecule has 0 amide bonds. The molecule has 0 unspecified atom stereocenters. The predicted octanol–water partition coefficient (Wildman–Crippen LogP) is 4.15. The van der Waals surface area contributed by atoms with Crippen LogP contribution >= 0.6 is 28.3 Å². The van der Waals surface area contributed by atoms with Gasteiger partial charge in [-0.1, -0.05) is 31.9 Å². The highest BCUT2D eigenvalue weighted by molar-refractivity contribution is 9.10. The van der Waals surface area contributed by atoms with Crippen LogP contribution in [0.15, 0.2) is 22.7 Å². The molecule has 1 fully saturated rings. The van der Waals surface area contributed by atoms with Gasteiger partial charge < -0.3 is 5.32 Å². The number of nitrogens with zero attached hydrogens (tertiary/aromatic N) is 1. The van der Waals surface area contributed by atoms with E-state index >= 15 is 0 Å². The van der Waals surface area contributed by atoms with Gasteiger partial charge in [0.25, 0.3) is 0 Å². The zero-order valence-corrected chi connectivity index (χ0v) is 14.3. The van der Waals surface area contributed by atoms with Gasteiger partial charge >= 0.3 is 0 Å². The Balaban J connectivity index is 0.00000200. The molecule has 1 N–H and O–H groups in total. The fourth-order valence-electron chi connectivity index (χ4n) is 2.70. The van der Waals surface area contributed by atoms with Crippen molar-refractivity contribution in [2.45, 2.75) is 32.2 Å². The molecular formula is C15H23BrClFN2. The SMILES string of the molecule is CCCC[C@@H](c1cccc(F)c1Br)N1CCNCC1.Cl. The number of benzene rings is 1. The van der Waals surface area contributed by atoms with Crippen molar-refractivity contribution in [3.8, 4) is 0 Å². The van der Waals surface area contributed by atoms with Crippen molar-refractivity contribution in [2.75, 3.05) is 26.2 Å². The first-order valence-electron chi connectivity index (χ1n) is 7.12. The van der Waals surface area contributed by atoms with E-state index in [0.717, 1.165) is 38.2 Å². The molecule has 1 saturated heterocycles. The predicted molar refractivity (Wildman–Crippen MR) is 88.1 cm³/mol. The van der Waals surface area contributed by atoms with Gasteiger partial charge in [-0.05, 0) is 34.0 Å². The molecule has 1 heterocycles. The van der Waals surface area contributed by atoms with Crippen molar-refractivity contribution in [3.63, 3.8) is 0 Å². The molecule has 2 nitrogen and oxygen atoms in total. The topological polar surface area (TPSA) is 15.3 Å². The van der Waals surface area contributed by atoms with E-state index in [9.17, 15) is 4.39 Å². The minimum absolute atomic E-state index is 0. The molecule has 1 aliphatic rings. The molecule has 1 aromatic carbocycles. The number of unbranched alkanes of at least 4 members (excludes halogenated alkanes) is 1.